The molecular formula is C18H18BrN5O2. The highest BCUT2D eigenvalue weighted by Crippen LogP contribution is 2.24. The predicted octanol–water partition coefficient (Wildman–Crippen LogP) is 3.97. The molecule has 0 aliphatic carbocycles. The van der Waals surface area contributed by atoms with Crippen molar-refractivity contribution in [3.05, 3.63) is 52.2 Å². The van der Waals surface area contributed by atoms with Gasteiger partial charge in [-0.05, 0) is 46.6 Å². The fraction of sp³-hybridized carbons (Fsp3) is 0.278. The Hall–Kier alpha value is -2.61. The quantitative estimate of drug-likeness (QED) is 0.658. The van der Waals surface area contributed by atoms with Crippen LogP contribution in [0.3, 0.4) is 0 Å². The third kappa shape index (κ3) is 3.65. The number of nitrogens with one attached hydrogen (secondary N) is 1. The molecule has 7 nitrogen and oxygen atoms in total. The van der Waals surface area contributed by atoms with Crippen LogP contribution in [-0.4, -0.2) is 33.0 Å². The van der Waals surface area contributed by atoms with Gasteiger partial charge in [0.1, 0.15) is 11.4 Å². The van der Waals surface area contributed by atoms with Crippen LogP contribution in [0.15, 0.2) is 44.7 Å². The standard InChI is InChI=1S/C18H18BrN5O2/c1-2-7-25-13-5-3-12(4-6-13)15-8-14(26-23-15)10-24-11-17-16(9-20-24)21-18(19)22-17/h3-6,8-9H,2,7,10-11H2,1H3,(H,21,22). The molecule has 0 amide bonds. The lowest BCUT2D eigenvalue weighted by Crippen LogP contribution is -2.21. The molecule has 8 heteroatoms. The molecule has 0 atom stereocenters. The number of hydrazone groups is 1. The fourth-order valence-electron chi connectivity index (χ4n) is 2.71. The number of hydrogen-bond acceptors (Lipinski definition) is 6. The zero-order chi connectivity index (χ0) is 17.9. The summed E-state index contributed by atoms with van der Waals surface area (Å²) in [6.45, 7) is 3.96. The Labute approximate surface area is 159 Å². The van der Waals surface area contributed by atoms with Gasteiger partial charge in [-0.25, -0.2) is 4.98 Å². The van der Waals surface area contributed by atoms with Crippen molar-refractivity contribution >= 4 is 22.1 Å². The van der Waals surface area contributed by atoms with Gasteiger partial charge in [-0.1, -0.05) is 12.1 Å². The van der Waals surface area contributed by atoms with Crippen LogP contribution in [0.1, 0.15) is 30.5 Å². The average molecular weight is 416 g/mol. The molecule has 26 heavy (non-hydrogen) atoms. The van der Waals surface area contributed by atoms with Gasteiger partial charge in [0.2, 0.25) is 0 Å². The van der Waals surface area contributed by atoms with Gasteiger partial charge in [0.25, 0.3) is 0 Å². The first-order valence-corrected chi connectivity index (χ1v) is 9.22. The second-order valence-electron chi connectivity index (χ2n) is 6.01. The summed E-state index contributed by atoms with van der Waals surface area (Å²) in [6, 6.07) is 9.81. The van der Waals surface area contributed by atoms with Crippen LogP contribution < -0.4 is 4.74 Å². The second-order valence-corrected chi connectivity index (χ2v) is 6.76. The number of nitrogens with zero attached hydrogens (tertiary/aromatic N) is 4. The number of aromatic amines is 1. The maximum Gasteiger partial charge on any atom is 0.175 e. The van der Waals surface area contributed by atoms with Crippen LogP contribution >= 0.6 is 15.9 Å². The van der Waals surface area contributed by atoms with Crippen LogP contribution in [0.2, 0.25) is 0 Å². The van der Waals surface area contributed by atoms with E-state index in [1.165, 1.54) is 0 Å². The number of ether oxygens (including phenoxy) is 1. The minimum atomic E-state index is 0.533. The number of fused-ring (bicyclic) bond motifs is 1. The van der Waals surface area contributed by atoms with Crippen molar-refractivity contribution in [2.24, 2.45) is 5.10 Å². The number of hydrogen-bond donors (Lipinski definition) is 1. The van der Waals surface area contributed by atoms with Crippen molar-refractivity contribution in [1.29, 1.82) is 0 Å². The maximum absolute atomic E-state index is 5.60. The Bertz CT molecular complexity index is 916. The summed E-state index contributed by atoms with van der Waals surface area (Å²) < 4.78 is 11.8. The summed E-state index contributed by atoms with van der Waals surface area (Å²) in [6.07, 6.45) is 2.76. The molecule has 3 aromatic rings. The maximum atomic E-state index is 5.60. The molecule has 0 bridgehead atoms. The molecule has 3 heterocycles. The first-order valence-electron chi connectivity index (χ1n) is 8.43. The van der Waals surface area contributed by atoms with E-state index in [0.717, 1.165) is 47.2 Å². The number of imidazole rings is 1. The Kier molecular flexibility index (Phi) is 4.75. The van der Waals surface area contributed by atoms with Gasteiger partial charge < -0.3 is 14.2 Å². The van der Waals surface area contributed by atoms with Gasteiger partial charge in [-0.2, -0.15) is 5.10 Å². The van der Waals surface area contributed by atoms with E-state index in [0.29, 0.717) is 17.8 Å². The Morgan fingerprint density at radius 3 is 2.96 bits per heavy atom. The zero-order valence-corrected chi connectivity index (χ0v) is 15.9. The van der Waals surface area contributed by atoms with Crippen molar-refractivity contribution in [3.63, 3.8) is 0 Å². The van der Waals surface area contributed by atoms with Gasteiger partial charge in [-0.3, -0.25) is 5.01 Å². The van der Waals surface area contributed by atoms with Gasteiger partial charge in [0.15, 0.2) is 10.5 Å². The average Bonchev–Trinajstić information content (AvgIpc) is 3.26. The summed E-state index contributed by atoms with van der Waals surface area (Å²) in [4.78, 5) is 7.50. The van der Waals surface area contributed by atoms with E-state index < -0.39 is 0 Å². The molecule has 4 rings (SSSR count). The third-order valence-electron chi connectivity index (χ3n) is 3.98. The van der Waals surface area contributed by atoms with E-state index >= 15 is 0 Å². The lowest BCUT2D eigenvalue weighted by Gasteiger charge is -2.19. The van der Waals surface area contributed by atoms with E-state index in [1.54, 1.807) is 6.21 Å². The first kappa shape index (κ1) is 16.8. The predicted molar refractivity (Wildman–Crippen MR) is 101 cm³/mol. The smallest absolute Gasteiger partial charge is 0.175 e. The monoisotopic (exact) mass is 415 g/mol. The minimum absolute atomic E-state index is 0.533. The van der Waals surface area contributed by atoms with Crippen LogP contribution in [-0.2, 0) is 13.1 Å². The highest BCUT2D eigenvalue weighted by Gasteiger charge is 2.18. The summed E-state index contributed by atoms with van der Waals surface area (Å²) in [5, 5.41) is 10.5. The van der Waals surface area contributed by atoms with Crippen molar-refractivity contribution < 1.29 is 9.26 Å². The van der Waals surface area contributed by atoms with Gasteiger partial charge in [-0.15, -0.1) is 0 Å². The molecule has 1 N–H and O–H groups in total. The fourth-order valence-corrected chi connectivity index (χ4v) is 3.14. The van der Waals surface area contributed by atoms with Crippen LogP contribution in [0.5, 0.6) is 5.75 Å². The van der Waals surface area contributed by atoms with Crippen molar-refractivity contribution in [2.45, 2.75) is 26.4 Å². The number of rotatable bonds is 6. The van der Waals surface area contributed by atoms with Crippen LogP contribution in [0.4, 0.5) is 0 Å². The zero-order valence-electron chi connectivity index (χ0n) is 14.3. The molecule has 0 radical (unpaired) electrons. The van der Waals surface area contributed by atoms with Gasteiger partial charge in [0, 0.05) is 11.6 Å². The Balaban J connectivity index is 1.42. The number of H-pyrrole nitrogens is 1. The van der Waals surface area contributed by atoms with Crippen molar-refractivity contribution in [1.82, 2.24) is 20.1 Å². The lowest BCUT2D eigenvalue weighted by atomic mass is 10.1. The third-order valence-corrected chi connectivity index (χ3v) is 4.36. The second kappa shape index (κ2) is 7.33. The first-order chi connectivity index (χ1) is 12.7. The summed E-state index contributed by atoms with van der Waals surface area (Å²) in [5.41, 5.74) is 3.67. The van der Waals surface area contributed by atoms with Crippen LogP contribution in [0.25, 0.3) is 11.3 Å². The Morgan fingerprint density at radius 1 is 1.31 bits per heavy atom. The summed E-state index contributed by atoms with van der Waals surface area (Å²) in [7, 11) is 0. The molecule has 134 valence electrons. The van der Waals surface area contributed by atoms with E-state index in [2.05, 4.69) is 43.1 Å². The van der Waals surface area contributed by atoms with E-state index in [4.69, 9.17) is 9.26 Å². The highest BCUT2D eigenvalue weighted by molar-refractivity contribution is 9.10. The molecule has 2 aromatic heterocycles. The number of halogens is 1. The summed E-state index contributed by atoms with van der Waals surface area (Å²) >= 11 is 3.34. The minimum Gasteiger partial charge on any atom is -0.494 e. The van der Waals surface area contributed by atoms with Gasteiger partial charge in [0.05, 0.1) is 37.3 Å². The normalized spacial score (nSPS) is 13.1. The van der Waals surface area contributed by atoms with E-state index in [1.807, 2.05) is 35.3 Å². The largest absolute Gasteiger partial charge is 0.494 e. The molecule has 0 saturated heterocycles. The SMILES string of the molecule is CCCOc1ccc(-c2cc(CN3Cc4nc(Br)[nH]c4C=N3)on2)cc1. The van der Waals surface area contributed by atoms with Crippen molar-refractivity contribution in [3.8, 4) is 17.0 Å². The Morgan fingerprint density at radius 2 is 2.15 bits per heavy atom. The van der Waals surface area contributed by atoms with E-state index in [9.17, 15) is 0 Å². The van der Waals surface area contributed by atoms with Crippen LogP contribution in [0, 0.1) is 0 Å². The molecule has 0 unspecified atom stereocenters. The molecule has 0 spiro atoms. The van der Waals surface area contributed by atoms with E-state index in [-0.39, 0.29) is 0 Å². The highest BCUT2D eigenvalue weighted by atomic mass is 79.9. The lowest BCUT2D eigenvalue weighted by molar-refractivity contribution is 0.229. The number of aromatic nitrogens is 3. The molecule has 0 saturated carbocycles. The van der Waals surface area contributed by atoms with Crippen molar-refractivity contribution in [2.75, 3.05) is 6.61 Å². The number of benzene rings is 1. The molecule has 1 aliphatic heterocycles. The topological polar surface area (TPSA) is 79.5 Å². The molecular weight excluding hydrogens is 398 g/mol. The summed E-state index contributed by atoms with van der Waals surface area (Å²) in [5.74, 6) is 1.62. The molecule has 1 aliphatic rings. The van der Waals surface area contributed by atoms with Gasteiger partial charge >= 0.3 is 0 Å². The molecule has 1 aromatic carbocycles. The molecule has 0 fully saturated rings.